The summed E-state index contributed by atoms with van der Waals surface area (Å²) >= 11 is 0. The van der Waals surface area contributed by atoms with Crippen LogP contribution >= 0.6 is 0 Å². The average Bonchev–Trinajstić information content (AvgIpc) is 2.76. The average molecular weight is 479 g/mol. The Kier molecular flexibility index (Phi) is 5.90. The molecule has 2 aromatic heterocycles. The molecule has 0 aromatic carbocycles. The number of ketones is 1. The van der Waals surface area contributed by atoms with Crippen LogP contribution in [0.1, 0.15) is 85.5 Å². The molecule has 0 aliphatic heterocycles. The van der Waals surface area contributed by atoms with Crippen molar-refractivity contribution in [1.82, 2.24) is 20.3 Å². The van der Waals surface area contributed by atoms with Crippen molar-refractivity contribution >= 4 is 11.7 Å². The van der Waals surface area contributed by atoms with Crippen molar-refractivity contribution in [2.75, 3.05) is 6.61 Å². The maximum absolute atomic E-state index is 13.3. The van der Waals surface area contributed by atoms with Crippen LogP contribution < -0.4 is 10.1 Å². The molecule has 4 fully saturated rings. The van der Waals surface area contributed by atoms with E-state index in [2.05, 4.69) is 20.3 Å². The van der Waals surface area contributed by atoms with Gasteiger partial charge >= 0.3 is 0 Å². The second kappa shape index (κ2) is 8.66. The maximum atomic E-state index is 13.3. The van der Waals surface area contributed by atoms with Crippen LogP contribution in [0, 0.1) is 24.2 Å². The van der Waals surface area contributed by atoms with Crippen molar-refractivity contribution in [3.63, 3.8) is 0 Å². The second-order valence-electron chi connectivity index (χ2n) is 11.8. The van der Waals surface area contributed by atoms with E-state index in [1.54, 1.807) is 44.6 Å². The summed E-state index contributed by atoms with van der Waals surface area (Å²) in [5.74, 6) is 1.36. The van der Waals surface area contributed by atoms with E-state index in [9.17, 15) is 14.7 Å². The maximum Gasteiger partial charge on any atom is 0.270 e. The first kappa shape index (κ1) is 23.9. The molecule has 2 atom stereocenters. The van der Waals surface area contributed by atoms with E-state index in [1.165, 1.54) is 6.42 Å². The molecule has 186 valence electrons. The number of Topliss-reactive ketones (excluding diaryl/α,β-unsaturated/α-hetero) is 1. The fraction of sp³-hybridized carbons (Fsp3) is 0.593. The molecule has 1 amide bonds. The molecule has 8 nitrogen and oxygen atoms in total. The normalized spacial score (nSPS) is 29.1. The van der Waals surface area contributed by atoms with Gasteiger partial charge in [0.2, 0.25) is 0 Å². The molecular weight excluding hydrogens is 444 g/mol. The minimum Gasteiger partial charge on any atom is -0.490 e. The summed E-state index contributed by atoms with van der Waals surface area (Å²) in [6, 6.07) is 3.30. The topological polar surface area (TPSA) is 114 Å². The van der Waals surface area contributed by atoms with Crippen LogP contribution in [0.5, 0.6) is 5.75 Å². The fourth-order valence-electron chi connectivity index (χ4n) is 7.02. The third-order valence-corrected chi connectivity index (χ3v) is 7.69. The number of carbonyl (C=O) groups is 2. The largest absolute Gasteiger partial charge is 0.490 e. The Morgan fingerprint density at radius 2 is 1.91 bits per heavy atom. The lowest BCUT2D eigenvalue weighted by molar-refractivity contribution is -0.0771. The summed E-state index contributed by atoms with van der Waals surface area (Å²) in [6.07, 6.45) is 11.2. The summed E-state index contributed by atoms with van der Waals surface area (Å²) in [4.78, 5) is 39.3. The fourth-order valence-corrected chi connectivity index (χ4v) is 7.02. The first-order chi connectivity index (χ1) is 16.5. The minimum atomic E-state index is -0.972. The van der Waals surface area contributed by atoms with Gasteiger partial charge in [0, 0.05) is 30.4 Å². The van der Waals surface area contributed by atoms with Gasteiger partial charge in [-0.25, -0.2) is 4.98 Å². The van der Waals surface area contributed by atoms with Crippen LogP contribution in [0.3, 0.4) is 0 Å². The summed E-state index contributed by atoms with van der Waals surface area (Å²) in [5.41, 5.74) is 0.0863. The number of pyridine rings is 1. The lowest BCUT2D eigenvalue weighted by Crippen LogP contribution is -2.63. The molecule has 0 saturated heterocycles. The molecule has 4 aliphatic rings. The molecule has 0 radical (unpaired) electrons. The van der Waals surface area contributed by atoms with E-state index < -0.39 is 5.60 Å². The highest BCUT2D eigenvalue weighted by Gasteiger charge is 2.58. The molecule has 2 unspecified atom stereocenters. The van der Waals surface area contributed by atoms with Crippen LogP contribution in [0.2, 0.25) is 0 Å². The van der Waals surface area contributed by atoms with Gasteiger partial charge in [-0.1, -0.05) is 0 Å². The third-order valence-electron chi connectivity index (χ3n) is 7.69. The highest BCUT2D eigenvalue weighted by molar-refractivity contribution is 5.95. The summed E-state index contributed by atoms with van der Waals surface area (Å²) < 4.78 is 5.65. The predicted molar refractivity (Wildman–Crippen MR) is 129 cm³/mol. The molecule has 8 heteroatoms. The van der Waals surface area contributed by atoms with Gasteiger partial charge in [-0.2, -0.15) is 0 Å². The SMILES string of the molecule is Cc1cncc(C(=O)CC23CC4CC(C2)CC(NC(=O)c2cc(OCC(C)(C)O)ccn2)(C4)C3)n1. The first-order valence-electron chi connectivity index (χ1n) is 12.5. The van der Waals surface area contributed by atoms with E-state index in [4.69, 9.17) is 4.74 Å². The molecule has 6 rings (SSSR count). The van der Waals surface area contributed by atoms with Gasteiger partial charge < -0.3 is 15.2 Å². The summed E-state index contributed by atoms with van der Waals surface area (Å²) in [6.45, 7) is 5.30. The van der Waals surface area contributed by atoms with Crippen molar-refractivity contribution in [3.8, 4) is 5.75 Å². The Bertz CT molecular complexity index is 1130. The number of nitrogens with zero attached hydrogens (tertiary/aromatic N) is 3. The number of carbonyl (C=O) groups excluding carboxylic acids is 2. The lowest BCUT2D eigenvalue weighted by Gasteiger charge is -2.62. The van der Waals surface area contributed by atoms with E-state index in [0.29, 0.717) is 35.4 Å². The van der Waals surface area contributed by atoms with E-state index in [0.717, 1.165) is 37.8 Å². The Balaban J connectivity index is 1.32. The van der Waals surface area contributed by atoms with Crippen molar-refractivity contribution in [2.45, 2.75) is 76.9 Å². The van der Waals surface area contributed by atoms with Gasteiger partial charge in [-0.15, -0.1) is 0 Å². The van der Waals surface area contributed by atoms with Crippen molar-refractivity contribution in [1.29, 1.82) is 0 Å². The van der Waals surface area contributed by atoms with Crippen molar-refractivity contribution < 1.29 is 19.4 Å². The quantitative estimate of drug-likeness (QED) is 0.556. The number of ether oxygens (including phenoxy) is 1. The number of rotatable bonds is 8. The lowest BCUT2D eigenvalue weighted by atomic mass is 9.46. The van der Waals surface area contributed by atoms with E-state index in [-0.39, 0.29) is 29.3 Å². The summed E-state index contributed by atoms with van der Waals surface area (Å²) in [7, 11) is 0. The predicted octanol–water partition coefficient (Wildman–Crippen LogP) is 3.67. The van der Waals surface area contributed by atoms with Gasteiger partial charge in [-0.3, -0.25) is 19.6 Å². The highest BCUT2D eigenvalue weighted by atomic mass is 16.5. The van der Waals surface area contributed by atoms with Gasteiger partial charge in [0.25, 0.3) is 5.91 Å². The standard InChI is InChI=1S/C27H34N4O4/c1-17-13-28-14-22(30-17)23(32)12-26-8-18-6-19(9-26)11-27(10-18,15-26)31-24(33)21-7-20(4-5-29-21)35-16-25(2,3)34/h4-5,7,13-14,18-19,34H,6,8-12,15-16H2,1-3H3,(H,31,33). The number of aryl methyl sites for hydroxylation is 1. The van der Waals surface area contributed by atoms with Crippen molar-refractivity contribution in [3.05, 3.63) is 47.8 Å². The summed E-state index contributed by atoms with van der Waals surface area (Å²) in [5, 5.41) is 13.3. The van der Waals surface area contributed by atoms with Gasteiger partial charge in [0.1, 0.15) is 23.7 Å². The van der Waals surface area contributed by atoms with Crippen LogP contribution in [-0.4, -0.2) is 49.5 Å². The number of amides is 1. The molecule has 4 saturated carbocycles. The molecule has 0 spiro atoms. The van der Waals surface area contributed by atoms with Gasteiger partial charge in [-0.05, 0) is 82.6 Å². The van der Waals surface area contributed by atoms with Gasteiger partial charge in [0.15, 0.2) is 5.78 Å². The van der Waals surface area contributed by atoms with E-state index in [1.807, 2.05) is 6.92 Å². The molecule has 4 aliphatic carbocycles. The Labute approximate surface area is 205 Å². The molecule has 2 N–H and O–H groups in total. The van der Waals surface area contributed by atoms with Crippen molar-refractivity contribution in [2.24, 2.45) is 17.3 Å². The number of nitrogens with one attached hydrogen (secondary N) is 1. The molecule has 2 heterocycles. The zero-order chi connectivity index (χ0) is 24.8. The molecule has 2 aromatic rings. The Morgan fingerprint density at radius 1 is 1.17 bits per heavy atom. The smallest absolute Gasteiger partial charge is 0.270 e. The molecule has 35 heavy (non-hydrogen) atoms. The number of hydrogen-bond donors (Lipinski definition) is 2. The van der Waals surface area contributed by atoms with Crippen LogP contribution in [-0.2, 0) is 0 Å². The molecular formula is C27H34N4O4. The Hall–Kier alpha value is -2.87. The van der Waals surface area contributed by atoms with Crippen LogP contribution in [0.4, 0.5) is 0 Å². The zero-order valence-electron chi connectivity index (χ0n) is 20.7. The second-order valence-corrected chi connectivity index (χ2v) is 11.8. The first-order valence-corrected chi connectivity index (χ1v) is 12.5. The van der Waals surface area contributed by atoms with Gasteiger partial charge in [0.05, 0.1) is 17.5 Å². The monoisotopic (exact) mass is 478 g/mol. The highest BCUT2D eigenvalue weighted by Crippen LogP contribution is 2.63. The van der Waals surface area contributed by atoms with Crippen LogP contribution in [0.25, 0.3) is 0 Å². The number of aliphatic hydroxyl groups is 1. The third kappa shape index (κ3) is 5.22. The molecule has 4 bridgehead atoms. The van der Waals surface area contributed by atoms with E-state index >= 15 is 0 Å². The Morgan fingerprint density at radius 3 is 2.60 bits per heavy atom. The number of aromatic nitrogens is 3. The zero-order valence-corrected chi connectivity index (χ0v) is 20.7. The minimum absolute atomic E-state index is 0.0444. The van der Waals surface area contributed by atoms with Crippen LogP contribution in [0.15, 0.2) is 30.7 Å². The number of hydrogen-bond acceptors (Lipinski definition) is 7.